The van der Waals surface area contributed by atoms with Gasteiger partial charge in [0, 0.05) is 0 Å². The Kier molecular flexibility index (Phi) is 7.74. The topological polar surface area (TPSA) is 27.7 Å². The molecule has 142 valence electrons. The molecule has 0 heterocycles. The first-order valence-electron chi connectivity index (χ1n) is 9.21. The lowest BCUT2D eigenvalue weighted by molar-refractivity contribution is 0.407. The Labute approximate surface area is 175 Å². The van der Waals surface area contributed by atoms with Crippen LogP contribution in [0.15, 0.2) is 91.0 Å². The summed E-state index contributed by atoms with van der Waals surface area (Å²) in [5.74, 6) is 0. The van der Waals surface area contributed by atoms with Crippen molar-refractivity contribution in [3.8, 4) is 0 Å². The first-order chi connectivity index (χ1) is 13.5. The standard InChI is InChI=1S/C21H24O3Si4/c1-28(2,3)24-27(21-17-11-6-12-18-21)23-25-22-26(19-13-7-4-8-14-19)20-15-9-5-10-16-20/h4-18H,1-3H3. The van der Waals surface area contributed by atoms with Gasteiger partial charge in [-0.2, -0.15) is 0 Å². The van der Waals surface area contributed by atoms with Gasteiger partial charge in [0.25, 0.3) is 9.04 Å². The normalized spacial score (nSPS) is 11.9. The zero-order valence-corrected chi connectivity index (χ0v) is 20.4. The van der Waals surface area contributed by atoms with Crippen molar-refractivity contribution in [1.29, 1.82) is 0 Å². The monoisotopic (exact) mass is 436 g/mol. The third-order valence-electron chi connectivity index (χ3n) is 3.76. The first-order valence-corrected chi connectivity index (χ1v) is 16.2. The van der Waals surface area contributed by atoms with Crippen LogP contribution in [0.4, 0.5) is 0 Å². The summed E-state index contributed by atoms with van der Waals surface area (Å²) >= 11 is 0. The van der Waals surface area contributed by atoms with Gasteiger partial charge in [-0.15, -0.1) is 0 Å². The molecule has 28 heavy (non-hydrogen) atoms. The van der Waals surface area contributed by atoms with Crippen LogP contribution < -0.4 is 15.6 Å². The van der Waals surface area contributed by atoms with Crippen LogP contribution in [0.3, 0.4) is 0 Å². The Morgan fingerprint density at radius 2 is 1.04 bits per heavy atom. The quantitative estimate of drug-likeness (QED) is 0.483. The van der Waals surface area contributed by atoms with Crippen LogP contribution in [-0.4, -0.2) is 36.6 Å². The van der Waals surface area contributed by atoms with E-state index in [0.29, 0.717) is 0 Å². The van der Waals surface area contributed by atoms with E-state index in [1.165, 1.54) is 10.4 Å². The van der Waals surface area contributed by atoms with Gasteiger partial charge in [0.1, 0.15) is 0 Å². The number of hydrogen-bond acceptors (Lipinski definition) is 3. The van der Waals surface area contributed by atoms with E-state index in [1.807, 2.05) is 30.3 Å². The van der Waals surface area contributed by atoms with Gasteiger partial charge in [0.05, 0.1) is 0 Å². The van der Waals surface area contributed by atoms with Crippen LogP contribution in [0.2, 0.25) is 19.6 Å². The summed E-state index contributed by atoms with van der Waals surface area (Å²) in [6.45, 7) is 6.57. The van der Waals surface area contributed by atoms with Crippen molar-refractivity contribution in [1.82, 2.24) is 0 Å². The molecule has 0 amide bonds. The Morgan fingerprint density at radius 3 is 1.46 bits per heavy atom. The highest BCUT2D eigenvalue weighted by atomic mass is 28.4. The smallest absolute Gasteiger partial charge is 0.412 e. The predicted octanol–water partition coefficient (Wildman–Crippen LogP) is 2.61. The molecule has 3 rings (SSSR count). The Morgan fingerprint density at radius 1 is 0.607 bits per heavy atom. The molecule has 0 saturated carbocycles. The van der Waals surface area contributed by atoms with Crippen LogP contribution in [0.5, 0.6) is 0 Å². The van der Waals surface area contributed by atoms with E-state index in [4.69, 9.17) is 12.3 Å². The molecule has 0 saturated heterocycles. The molecular weight excluding hydrogens is 413 g/mol. The van der Waals surface area contributed by atoms with Crippen molar-refractivity contribution >= 4 is 52.2 Å². The van der Waals surface area contributed by atoms with Crippen molar-refractivity contribution < 1.29 is 12.3 Å². The third-order valence-corrected chi connectivity index (χ3v) is 11.7. The Balaban J connectivity index is 1.73. The molecule has 7 heteroatoms. The number of rotatable bonds is 9. The predicted molar refractivity (Wildman–Crippen MR) is 122 cm³/mol. The van der Waals surface area contributed by atoms with Crippen LogP contribution in [-0.2, 0) is 12.3 Å². The van der Waals surface area contributed by atoms with Gasteiger partial charge in [-0.25, -0.2) is 0 Å². The van der Waals surface area contributed by atoms with Gasteiger partial charge >= 0.3 is 19.3 Å². The second-order valence-corrected chi connectivity index (χ2v) is 17.0. The second-order valence-electron chi connectivity index (χ2n) is 7.22. The number of benzene rings is 3. The van der Waals surface area contributed by atoms with Gasteiger partial charge in [0.15, 0.2) is 8.32 Å². The maximum absolute atomic E-state index is 6.37. The lowest BCUT2D eigenvalue weighted by Gasteiger charge is -2.25. The van der Waals surface area contributed by atoms with E-state index in [-0.39, 0.29) is 10.0 Å². The molecule has 0 aliphatic carbocycles. The first kappa shape index (κ1) is 21.1. The van der Waals surface area contributed by atoms with E-state index in [0.717, 1.165) is 5.19 Å². The highest BCUT2D eigenvalue weighted by Crippen LogP contribution is 2.07. The van der Waals surface area contributed by atoms with E-state index >= 15 is 0 Å². The summed E-state index contributed by atoms with van der Waals surface area (Å²) < 4.78 is 18.9. The summed E-state index contributed by atoms with van der Waals surface area (Å²) in [5, 5.41) is 3.56. The Bertz CT molecular complexity index is 787. The average Bonchev–Trinajstić information content (AvgIpc) is 2.71. The van der Waals surface area contributed by atoms with Crippen LogP contribution in [0.1, 0.15) is 0 Å². The van der Waals surface area contributed by atoms with Gasteiger partial charge in [-0.3, -0.25) is 0 Å². The molecule has 4 radical (unpaired) electrons. The molecule has 3 aromatic carbocycles. The van der Waals surface area contributed by atoms with Gasteiger partial charge in [0.2, 0.25) is 0 Å². The molecule has 0 aliphatic rings. The van der Waals surface area contributed by atoms with Gasteiger partial charge in [-0.1, -0.05) is 91.0 Å². The fourth-order valence-corrected chi connectivity index (χ4v) is 10.2. The van der Waals surface area contributed by atoms with Crippen LogP contribution in [0, 0.1) is 0 Å². The second kappa shape index (κ2) is 10.3. The van der Waals surface area contributed by atoms with Crippen LogP contribution in [0.25, 0.3) is 0 Å². The summed E-state index contributed by atoms with van der Waals surface area (Å²) in [5.41, 5.74) is 0. The molecule has 3 nitrogen and oxygen atoms in total. The molecule has 0 spiro atoms. The maximum Gasteiger partial charge on any atom is 0.412 e. The minimum atomic E-state index is -1.73. The molecule has 0 aromatic heterocycles. The van der Waals surface area contributed by atoms with E-state index in [1.54, 1.807) is 0 Å². The Hall–Kier alpha value is -1.59. The summed E-state index contributed by atoms with van der Waals surface area (Å²) in [4.78, 5) is 0. The fraction of sp³-hybridized carbons (Fsp3) is 0.143. The minimum absolute atomic E-state index is 0.0569. The molecule has 3 aromatic rings. The fourth-order valence-electron chi connectivity index (χ4n) is 2.55. The van der Waals surface area contributed by atoms with Gasteiger partial charge in [-0.05, 0) is 35.2 Å². The van der Waals surface area contributed by atoms with Crippen molar-refractivity contribution in [2.75, 3.05) is 0 Å². The zero-order valence-electron chi connectivity index (χ0n) is 16.4. The van der Waals surface area contributed by atoms with Gasteiger partial charge < -0.3 is 12.3 Å². The maximum atomic E-state index is 6.37. The van der Waals surface area contributed by atoms with Crippen LogP contribution >= 0.6 is 0 Å². The summed E-state index contributed by atoms with van der Waals surface area (Å²) in [6.07, 6.45) is 0. The molecule has 0 bridgehead atoms. The lowest BCUT2D eigenvalue weighted by Crippen LogP contribution is -2.49. The van der Waals surface area contributed by atoms with Crippen molar-refractivity contribution in [2.24, 2.45) is 0 Å². The minimum Gasteiger partial charge on any atom is -0.432 e. The van der Waals surface area contributed by atoms with Crippen molar-refractivity contribution in [3.05, 3.63) is 91.0 Å². The van der Waals surface area contributed by atoms with Crippen molar-refractivity contribution in [3.63, 3.8) is 0 Å². The largest absolute Gasteiger partial charge is 0.432 e. The molecule has 0 N–H and O–H groups in total. The average molecular weight is 437 g/mol. The van der Waals surface area contributed by atoms with E-state index in [2.05, 4.69) is 80.3 Å². The zero-order chi connectivity index (χ0) is 19.8. The number of hydrogen-bond donors (Lipinski definition) is 0. The highest BCUT2D eigenvalue weighted by molar-refractivity contribution is 6.84. The molecular formula is C21H24O3Si4. The summed E-state index contributed by atoms with van der Waals surface area (Å²) in [6, 6.07) is 31.1. The lowest BCUT2D eigenvalue weighted by atomic mass is 10.4. The molecule has 0 fully saturated rings. The SMILES string of the molecule is C[Si](C)(C)O[Si](O[Si]O[Si](c1ccccc1)c1ccccc1)c1ccccc1. The van der Waals surface area contributed by atoms with E-state index in [9.17, 15) is 0 Å². The molecule has 0 aliphatic heterocycles. The highest BCUT2D eigenvalue weighted by Gasteiger charge is 2.28. The summed E-state index contributed by atoms with van der Waals surface area (Å²) in [7, 11) is -4.72. The van der Waals surface area contributed by atoms with E-state index < -0.39 is 26.6 Å². The molecule has 0 atom stereocenters. The third kappa shape index (κ3) is 6.49. The van der Waals surface area contributed by atoms with Crippen molar-refractivity contribution in [2.45, 2.75) is 19.6 Å². The molecule has 0 unspecified atom stereocenters.